The highest BCUT2D eigenvalue weighted by Gasteiger charge is 2.67. The Kier molecular flexibility index (Phi) is 3.37. The molecule has 1 aliphatic heterocycles. The van der Waals surface area contributed by atoms with Crippen LogP contribution in [-0.2, 0) is 14.3 Å². The van der Waals surface area contributed by atoms with Gasteiger partial charge in [-0.3, -0.25) is 9.18 Å². The molecule has 0 aromatic heterocycles. The molecule has 0 aromatic carbocycles. The third-order valence-electron chi connectivity index (χ3n) is 7.14. The van der Waals surface area contributed by atoms with Gasteiger partial charge in [0, 0.05) is 16.9 Å². The zero-order valence-corrected chi connectivity index (χ0v) is 15.0. The Labute approximate surface area is 140 Å². The predicted octanol–water partition coefficient (Wildman–Crippen LogP) is 0.144. The number of carboxylic acid groups (broad SMARTS) is 1. The fourth-order valence-corrected chi connectivity index (χ4v) is 5.69. The van der Waals surface area contributed by atoms with Gasteiger partial charge in [0.2, 0.25) is 0 Å². The van der Waals surface area contributed by atoms with Gasteiger partial charge in [0.1, 0.15) is 13.4 Å². The van der Waals surface area contributed by atoms with Crippen molar-refractivity contribution in [2.75, 3.05) is 13.2 Å². The van der Waals surface area contributed by atoms with Crippen LogP contribution in [0.4, 0.5) is 4.39 Å². The number of carboxylic acids is 1. The summed E-state index contributed by atoms with van der Waals surface area (Å²) < 4.78 is 27.4. The van der Waals surface area contributed by atoms with E-state index < -0.39 is 27.8 Å². The van der Waals surface area contributed by atoms with Crippen molar-refractivity contribution < 1.29 is 23.8 Å². The fourth-order valence-electron chi connectivity index (χ4n) is 5.53. The first-order chi connectivity index (χ1) is 10.6. The van der Waals surface area contributed by atoms with Gasteiger partial charge in [-0.05, 0) is 38.0 Å². The SMILES string of the molecule is BC1(F)COC2(OCC1(B)P)C1CC3CC2CC(C(=O)O)(C3)C1. The van der Waals surface area contributed by atoms with Crippen molar-refractivity contribution in [1.82, 2.24) is 0 Å². The normalized spacial score (nSPS) is 58.3. The van der Waals surface area contributed by atoms with E-state index >= 15 is 0 Å². The van der Waals surface area contributed by atoms with Gasteiger partial charge in [-0.2, -0.15) is 0 Å². The molecule has 1 spiro atoms. The first kappa shape index (κ1) is 16.4. The van der Waals surface area contributed by atoms with Gasteiger partial charge in [0.25, 0.3) is 0 Å². The van der Waals surface area contributed by atoms with Crippen LogP contribution < -0.4 is 0 Å². The molecule has 5 fully saturated rings. The third kappa shape index (κ3) is 2.12. The first-order valence-corrected chi connectivity index (χ1v) is 9.17. The average molecular weight is 340 g/mol. The number of aliphatic carboxylic acids is 1. The lowest BCUT2D eigenvalue weighted by molar-refractivity contribution is -0.341. The zero-order chi connectivity index (χ0) is 16.7. The molecule has 0 amide bonds. The van der Waals surface area contributed by atoms with E-state index in [0.717, 1.165) is 19.3 Å². The van der Waals surface area contributed by atoms with Crippen LogP contribution in [0.1, 0.15) is 32.1 Å². The maximum Gasteiger partial charge on any atom is 0.309 e. The van der Waals surface area contributed by atoms with E-state index in [0.29, 0.717) is 18.8 Å². The minimum absolute atomic E-state index is 0.00470. The molecule has 5 aliphatic rings. The van der Waals surface area contributed by atoms with E-state index in [1.807, 2.05) is 7.85 Å². The molecule has 0 radical (unpaired) electrons. The van der Waals surface area contributed by atoms with E-state index in [4.69, 9.17) is 9.47 Å². The maximum absolute atomic E-state index is 15.0. The van der Waals surface area contributed by atoms with Crippen LogP contribution in [-0.4, -0.2) is 56.4 Å². The minimum Gasteiger partial charge on any atom is -0.481 e. The van der Waals surface area contributed by atoms with Crippen molar-refractivity contribution >= 4 is 30.9 Å². The molecule has 4 bridgehead atoms. The molecule has 1 N–H and O–H groups in total. The second kappa shape index (κ2) is 4.74. The van der Waals surface area contributed by atoms with E-state index in [2.05, 4.69) is 9.24 Å². The quantitative estimate of drug-likeness (QED) is 0.545. The van der Waals surface area contributed by atoms with Gasteiger partial charge in [0.15, 0.2) is 13.6 Å². The third-order valence-corrected chi connectivity index (χ3v) is 7.91. The van der Waals surface area contributed by atoms with E-state index in [1.165, 1.54) is 0 Å². The van der Waals surface area contributed by atoms with Gasteiger partial charge in [0.05, 0.1) is 18.6 Å². The number of halogens is 1. The maximum atomic E-state index is 15.0. The minimum atomic E-state index is -1.49. The monoisotopic (exact) mass is 340 g/mol. The average Bonchev–Trinajstić information content (AvgIpc) is 2.53. The molecule has 4 nitrogen and oxygen atoms in total. The molecular formula is C15H24B2FO4P. The van der Waals surface area contributed by atoms with Crippen molar-refractivity contribution in [3.63, 3.8) is 0 Å². The summed E-state index contributed by atoms with van der Waals surface area (Å²) in [4.78, 5) is 11.9. The van der Waals surface area contributed by atoms with Crippen LogP contribution in [0.15, 0.2) is 0 Å². The Morgan fingerprint density at radius 3 is 2.26 bits per heavy atom. The van der Waals surface area contributed by atoms with Gasteiger partial charge in [-0.1, -0.05) is 0 Å². The Morgan fingerprint density at radius 2 is 1.70 bits per heavy atom. The summed E-state index contributed by atoms with van der Waals surface area (Å²) in [6.07, 6.45) is 3.88. The van der Waals surface area contributed by atoms with E-state index in [1.54, 1.807) is 7.85 Å². The van der Waals surface area contributed by atoms with Crippen molar-refractivity contribution in [3.8, 4) is 0 Å². The second-order valence-electron chi connectivity index (χ2n) is 8.84. The lowest BCUT2D eigenvalue weighted by Crippen LogP contribution is -2.65. The molecular weight excluding hydrogens is 316 g/mol. The van der Waals surface area contributed by atoms with Crippen LogP contribution in [0, 0.1) is 23.2 Å². The zero-order valence-electron chi connectivity index (χ0n) is 13.8. The van der Waals surface area contributed by atoms with Crippen LogP contribution in [0.25, 0.3) is 0 Å². The molecule has 4 aliphatic carbocycles. The number of ether oxygens (including phenoxy) is 2. The Balaban J connectivity index is 1.67. The van der Waals surface area contributed by atoms with Crippen molar-refractivity contribution in [2.24, 2.45) is 23.2 Å². The smallest absolute Gasteiger partial charge is 0.309 e. The molecule has 5 unspecified atom stereocenters. The molecule has 0 aromatic rings. The summed E-state index contributed by atoms with van der Waals surface area (Å²) in [6, 6.07) is 0. The van der Waals surface area contributed by atoms with Gasteiger partial charge >= 0.3 is 5.97 Å². The number of hydrogen-bond donors (Lipinski definition) is 1. The predicted molar refractivity (Wildman–Crippen MR) is 91.6 cm³/mol. The van der Waals surface area contributed by atoms with Gasteiger partial charge < -0.3 is 14.6 Å². The summed E-state index contributed by atoms with van der Waals surface area (Å²) in [7, 11) is 6.00. The lowest BCUT2D eigenvalue weighted by atomic mass is 9.47. The Hall–Kier alpha value is -0.120. The standard InChI is InChI=1S/C15H24B2FO4P/c16-13(18)6-21-15(22-7-14(13,17)23)9-1-8-2-10(15)5-12(3-8,4-9)11(19)20/h8-10H,1-7,16-17,23H2,(H,19,20). The molecule has 1 heterocycles. The summed E-state index contributed by atoms with van der Waals surface area (Å²) in [5, 5.41) is 9.04. The molecule has 23 heavy (non-hydrogen) atoms. The lowest BCUT2D eigenvalue weighted by Gasteiger charge is -2.62. The van der Waals surface area contributed by atoms with Crippen LogP contribution in [0.3, 0.4) is 0 Å². The number of alkyl halides is 1. The van der Waals surface area contributed by atoms with Crippen LogP contribution >= 0.6 is 9.24 Å². The topological polar surface area (TPSA) is 55.8 Å². The summed E-state index contributed by atoms with van der Waals surface area (Å²) >= 11 is 0. The van der Waals surface area contributed by atoms with Crippen molar-refractivity contribution in [1.29, 1.82) is 0 Å². The largest absolute Gasteiger partial charge is 0.481 e. The summed E-state index contributed by atoms with van der Waals surface area (Å²) in [6.45, 7) is 0.285. The highest BCUT2D eigenvalue weighted by atomic mass is 31.0. The van der Waals surface area contributed by atoms with Crippen molar-refractivity contribution in [3.05, 3.63) is 0 Å². The molecule has 126 valence electrons. The van der Waals surface area contributed by atoms with E-state index in [-0.39, 0.29) is 25.0 Å². The van der Waals surface area contributed by atoms with Gasteiger partial charge in [-0.15, -0.1) is 9.24 Å². The Morgan fingerprint density at radius 1 is 1.13 bits per heavy atom. The highest BCUT2D eigenvalue weighted by molar-refractivity contribution is 7.23. The number of rotatable bonds is 1. The van der Waals surface area contributed by atoms with Gasteiger partial charge in [-0.25, -0.2) is 0 Å². The number of carbonyl (C=O) groups is 1. The fraction of sp³-hybridized carbons (Fsp3) is 0.933. The first-order valence-electron chi connectivity index (χ1n) is 8.59. The second-order valence-corrected chi connectivity index (χ2v) is 10.1. The molecule has 5 rings (SSSR count). The number of hydrogen-bond acceptors (Lipinski definition) is 3. The molecule has 4 saturated carbocycles. The van der Waals surface area contributed by atoms with Crippen LogP contribution in [0.5, 0.6) is 0 Å². The molecule has 1 saturated heterocycles. The van der Waals surface area contributed by atoms with E-state index in [9.17, 15) is 14.3 Å². The molecule has 8 heteroatoms. The van der Waals surface area contributed by atoms with Crippen molar-refractivity contribution in [2.45, 2.75) is 48.5 Å². The Bertz CT molecular complexity index is 520. The van der Waals surface area contributed by atoms with Crippen LogP contribution in [0.2, 0.25) is 0 Å². The molecule has 5 atom stereocenters. The summed E-state index contributed by atoms with van der Waals surface area (Å²) in [5.41, 5.74) is -2.09. The highest BCUT2D eigenvalue weighted by Crippen LogP contribution is 2.65. The summed E-state index contributed by atoms with van der Waals surface area (Å²) in [5.74, 6) is -0.869.